The summed E-state index contributed by atoms with van der Waals surface area (Å²) in [5.41, 5.74) is 0.751. The number of alkyl halides is 3. The van der Waals surface area contributed by atoms with Gasteiger partial charge in [0.15, 0.2) is 0 Å². The van der Waals surface area contributed by atoms with Crippen molar-refractivity contribution in [2.45, 2.75) is 13.3 Å². The molecule has 0 atom stereocenters. The highest BCUT2D eigenvalue weighted by Crippen LogP contribution is 2.33. The molecule has 0 N–H and O–H groups in total. The van der Waals surface area contributed by atoms with Crippen LogP contribution in [0.4, 0.5) is 17.6 Å². The highest BCUT2D eigenvalue weighted by molar-refractivity contribution is 5.88. The number of aromatic nitrogens is 1. The molecule has 0 radical (unpaired) electrons. The van der Waals surface area contributed by atoms with Crippen molar-refractivity contribution >= 4 is 10.9 Å². The molecule has 0 spiro atoms. The largest absolute Gasteiger partial charge is 0.573 e. The Hall–Kier alpha value is -1.72. The molecule has 6 heteroatoms. The zero-order chi connectivity index (χ0) is 12.8. The zero-order valence-corrected chi connectivity index (χ0v) is 9.10. The number of aryl methyl sites for hydroxylation is 2. The molecule has 2 rings (SSSR count). The summed E-state index contributed by atoms with van der Waals surface area (Å²) in [5.74, 6) is -0.970. The van der Waals surface area contributed by atoms with Crippen molar-refractivity contribution in [1.29, 1.82) is 0 Å². The van der Waals surface area contributed by atoms with E-state index in [-0.39, 0.29) is 10.9 Å². The summed E-state index contributed by atoms with van der Waals surface area (Å²) >= 11 is 0. The third kappa shape index (κ3) is 2.07. The average Bonchev–Trinajstić information content (AvgIpc) is 2.48. The number of rotatable bonds is 1. The number of fused-ring (bicyclic) bond motifs is 1. The van der Waals surface area contributed by atoms with Crippen molar-refractivity contribution in [3.63, 3.8) is 0 Å². The van der Waals surface area contributed by atoms with Crippen molar-refractivity contribution in [2.75, 3.05) is 0 Å². The summed E-state index contributed by atoms with van der Waals surface area (Å²) < 4.78 is 55.3. The van der Waals surface area contributed by atoms with Crippen molar-refractivity contribution in [3.05, 3.63) is 29.7 Å². The van der Waals surface area contributed by atoms with Gasteiger partial charge in [-0.05, 0) is 25.1 Å². The van der Waals surface area contributed by atoms with Crippen LogP contribution in [0.15, 0.2) is 18.2 Å². The van der Waals surface area contributed by atoms with Crippen LogP contribution in [0.5, 0.6) is 5.75 Å². The summed E-state index contributed by atoms with van der Waals surface area (Å²) in [7, 11) is 1.58. The van der Waals surface area contributed by atoms with Gasteiger partial charge in [-0.1, -0.05) is 0 Å². The summed E-state index contributed by atoms with van der Waals surface area (Å²) in [6.07, 6.45) is -4.78. The summed E-state index contributed by atoms with van der Waals surface area (Å²) in [6.45, 7) is 1.68. The van der Waals surface area contributed by atoms with E-state index in [0.717, 1.165) is 12.1 Å². The van der Waals surface area contributed by atoms with Gasteiger partial charge in [-0.2, -0.15) is 0 Å². The Balaban J connectivity index is 2.67. The number of hydrogen-bond donors (Lipinski definition) is 0. The van der Waals surface area contributed by atoms with Gasteiger partial charge in [0.05, 0.1) is 5.52 Å². The van der Waals surface area contributed by atoms with Gasteiger partial charge in [0.1, 0.15) is 11.6 Å². The molecule has 0 amide bonds. The van der Waals surface area contributed by atoms with Gasteiger partial charge >= 0.3 is 6.36 Å². The second-order valence-corrected chi connectivity index (χ2v) is 3.70. The molecule has 17 heavy (non-hydrogen) atoms. The van der Waals surface area contributed by atoms with Gasteiger partial charge in [-0.15, -0.1) is 13.2 Å². The lowest BCUT2D eigenvalue weighted by atomic mass is 10.2. The molecule has 0 fully saturated rings. The highest BCUT2D eigenvalue weighted by Gasteiger charge is 2.32. The first-order chi connectivity index (χ1) is 7.79. The van der Waals surface area contributed by atoms with Crippen LogP contribution in [0.3, 0.4) is 0 Å². The van der Waals surface area contributed by atoms with Crippen LogP contribution in [-0.4, -0.2) is 10.9 Å². The summed E-state index contributed by atoms with van der Waals surface area (Å²) in [6, 6.07) is 3.40. The lowest BCUT2D eigenvalue weighted by Crippen LogP contribution is -2.17. The Labute approximate surface area is 94.4 Å². The molecule has 0 aliphatic carbocycles. The Bertz CT molecular complexity index is 571. The predicted octanol–water partition coefficient (Wildman–Crippen LogP) is 3.52. The second kappa shape index (κ2) is 3.65. The summed E-state index contributed by atoms with van der Waals surface area (Å²) in [5, 5.41) is 0.113. The van der Waals surface area contributed by atoms with Crippen LogP contribution in [0.1, 0.15) is 5.69 Å². The fraction of sp³-hybridized carbons (Fsp3) is 0.273. The fourth-order valence-corrected chi connectivity index (χ4v) is 1.74. The monoisotopic (exact) mass is 247 g/mol. The van der Waals surface area contributed by atoms with Crippen LogP contribution in [0, 0.1) is 12.7 Å². The van der Waals surface area contributed by atoms with Crippen LogP contribution >= 0.6 is 0 Å². The molecule has 0 aliphatic rings. The minimum absolute atomic E-state index is 0.101. The molecule has 92 valence electrons. The number of halogens is 4. The van der Waals surface area contributed by atoms with Gasteiger partial charge in [0, 0.05) is 18.1 Å². The molecule has 2 nitrogen and oxygen atoms in total. The van der Waals surface area contributed by atoms with Gasteiger partial charge in [-0.3, -0.25) is 0 Å². The quantitative estimate of drug-likeness (QED) is 0.703. The normalized spacial score (nSPS) is 12.1. The van der Waals surface area contributed by atoms with Crippen LogP contribution < -0.4 is 4.74 Å². The molecule has 1 aromatic heterocycles. The Morgan fingerprint density at radius 2 is 1.88 bits per heavy atom. The van der Waals surface area contributed by atoms with E-state index >= 15 is 0 Å². The molecule has 0 bridgehead atoms. The number of ether oxygens (including phenoxy) is 1. The zero-order valence-electron chi connectivity index (χ0n) is 9.10. The van der Waals surface area contributed by atoms with E-state index < -0.39 is 17.9 Å². The maximum atomic E-state index is 13.5. The van der Waals surface area contributed by atoms with Gasteiger partial charge in [0.25, 0.3) is 0 Å². The Morgan fingerprint density at radius 3 is 2.47 bits per heavy atom. The van der Waals surface area contributed by atoms with Crippen LogP contribution in [0.25, 0.3) is 10.9 Å². The Morgan fingerprint density at radius 1 is 1.24 bits per heavy atom. The lowest BCUT2D eigenvalue weighted by molar-refractivity contribution is -0.274. The van der Waals surface area contributed by atoms with E-state index in [1.165, 1.54) is 10.6 Å². The molecule has 1 heterocycles. The first kappa shape index (κ1) is 11.8. The van der Waals surface area contributed by atoms with Crippen LogP contribution in [-0.2, 0) is 7.05 Å². The lowest BCUT2D eigenvalue weighted by Gasteiger charge is -2.10. The molecular formula is C11H9F4NO. The van der Waals surface area contributed by atoms with Gasteiger partial charge < -0.3 is 9.30 Å². The molecule has 0 aliphatic heterocycles. The molecule has 0 saturated heterocycles. The predicted molar refractivity (Wildman–Crippen MR) is 54.3 cm³/mol. The SMILES string of the molecule is Cc1cc2c(OC(F)(F)F)ccc(F)c2n1C. The third-order valence-corrected chi connectivity index (χ3v) is 2.57. The maximum absolute atomic E-state index is 13.5. The standard InChI is InChI=1S/C11H9F4NO/c1-6-5-7-9(17-11(13,14)15)4-3-8(12)10(7)16(6)2/h3-5H,1-2H3. The van der Waals surface area contributed by atoms with Crippen LogP contribution in [0.2, 0.25) is 0 Å². The fourth-order valence-electron chi connectivity index (χ4n) is 1.74. The van der Waals surface area contributed by atoms with E-state index in [9.17, 15) is 17.6 Å². The first-order valence-corrected chi connectivity index (χ1v) is 4.80. The number of hydrogen-bond acceptors (Lipinski definition) is 1. The van der Waals surface area contributed by atoms with Crippen molar-refractivity contribution in [2.24, 2.45) is 7.05 Å². The van der Waals surface area contributed by atoms with Gasteiger partial charge in [-0.25, -0.2) is 4.39 Å². The van der Waals surface area contributed by atoms with Gasteiger partial charge in [0.2, 0.25) is 0 Å². The number of nitrogens with zero attached hydrogens (tertiary/aromatic N) is 1. The summed E-state index contributed by atoms with van der Waals surface area (Å²) in [4.78, 5) is 0. The molecule has 0 saturated carbocycles. The molecule has 2 aromatic rings. The molecule has 1 aromatic carbocycles. The van der Waals surface area contributed by atoms with E-state index in [4.69, 9.17) is 0 Å². The molecular weight excluding hydrogens is 238 g/mol. The average molecular weight is 247 g/mol. The van der Waals surface area contributed by atoms with Crippen molar-refractivity contribution in [3.8, 4) is 5.75 Å². The molecule has 0 unspecified atom stereocenters. The van der Waals surface area contributed by atoms with Crippen molar-refractivity contribution < 1.29 is 22.3 Å². The number of benzene rings is 1. The van der Waals surface area contributed by atoms with Crippen molar-refractivity contribution in [1.82, 2.24) is 4.57 Å². The second-order valence-electron chi connectivity index (χ2n) is 3.70. The van der Waals surface area contributed by atoms with E-state index in [2.05, 4.69) is 4.74 Å². The Kier molecular flexibility index (Phi) is 2.52. The van der Waals surface area contributed by atoms with E-state index in [1.54, 1.807) is 14.0 Å². The first-order valence-electron chi connectivity index (χ1n) is 4.80. The minimum Gasteiger partial charge on any atom is -0.405 e. The topological polar surface area (TPSA) is 14.2 Å². The highest BCUT2D eigenvalue weighted by atomic mass is 19.4. The minimum atomic E-state index is -4.78. The smallest absolute Gasteiger partial charge is 0.405 e. The van der Waals surface area contributed by atoms with E-state index in [0.29, 0.717) is 5.69 Å². The third-order valence-electron chi connectivity index (χ3n) is 2.57. The van der Waals surface area contributed by atoms with E-state index in [1.807, 2.05) is 0 Å². The maximum Gasteiger partial charge on any atom is 0.573 e.